The highest BCUT2D eigenvalue weighted by molar-refractivity contribution is 5.85. The largest absolute Gasteiger partial charge is 0.493 e. The Morgan fingerprint density at radius 3 is 2.86 bits per heavy atom. The van der Waals surface area contributed by atoms with Crippen LogP contribution in [0.5, 0.6) is 17.2 Å². The number of hydrogen-bond acceptors (Lipinski definition) is 4. The normalized spacial score (nSPS) is 12.1. The van der Waals surface area contributed by atoms with Crippen molar-refractivity contribution in [3.05, 3.63) is 17.7 Å². The number of hydrogen-bond donors (Lipinski definition) is 1. The number of halogens is 1. The van der Waals surface area contributed by atoms with Crippen LogP contribution in [-0.4, -0.2) is 13.9 Å². The van der Waals surface area contributed by atoms with Crippen LogP contribution in [0.25, 0.3) is 0 Å². The smallest absolute Gasteiger partial charge is 0.231 e. The molecule has 4 nitrogen and oxygen atoms in total. The minimum absolute atomic E-state index is 0. The molecule has 0 amide bonds. The van der Waals surface area contributed by atoms with Crippen molar-refractivity contribution >= 4 is 12.4 Å². The molecule has 0 atom stereocenters. The molecule has 0 spiro atoms. The monoisotopic (exact) mass is 217 g/mol. The van der Waals surface area contributed by atoms with Crippen molar-refractivity contribution < 1.29 is 14.2 Å². The molecule has 0 radical (unpaired) electrons. The molecule has 0 bridgehead atoms. The van der Waals surface area contributed by atoms with Gasteiger partial charge in [0.05, 0.1) is 7.11 Å². The van der Waals surface area contributed by atoms with Gasteiger partial charge < -0.3 is 19.9 Å². The molecule has 78 valence electrons. The lowest BCUT2D eigenvalue weighted by Crippen LogP contribution is -1.97. The fraction of sp³-hybridized carbons (Fsp3) is 0.333. The van der Waals surface area contributed by atoms with Crippen LogP contribution in [0.2, 0.25) is 0 Å². The van der Waals surface area contributed by atoms with Crippen molar-refractivity contribution in [3.8, 4) is 17.2 Å². The second kappa shape index (κ2) is 4.39. The first-order valence-electron chi connectivity index (χ1n) is 4.01. The molecule has 1 heterocycles. The van der Waals surface area contributed by atoms with Crippen LogP contribution in [0.4, 0.5) is 0 Å². The van der Waals surface area contributed by atoms with Gasteiger partial charge in [-0.1, -0.05) is 0 Å². The third kappa shape index (κ3) is 1.71. The van der Waals surface area contributed by atoms with Crippen LogP contribution >= 0.6 is 12.4 Å². The second-order valence-corrected chi connectivity index (χ2v) is 2.74. The van der Waals surface area contributed by atoms with Crippen LogP contribution in [0, 0.1) is 0 Å². The van der Waals surface area contributed by atoms with E-state index in [0.29, 0.717) is 23.8 Å². The van der Waals surface area contributed by atoms with E-state index < -0.39 is 0 Å². The highest BCUT2D eigenvalue weighted by atomic mass is 35.5. The van der Waals surface area contributed by atoms with E-state index in [0.717, 1.165) is 5.56 Å². The van der Waals surface area contributed by atoms with Gasteiger partial charge in [0.1, 0.15) is 0 Å². The quantitative estimate of drug-likeness (QED) is 0.812. The minimum Gasteiger partial charge on any atom is -0.493 e. The zero-order valence-corrected chi connectivity index (χ0v) is 8.60. The van der Waals surface area contributed by atoms with Crippen molar-refractivity contribution in [3.63, 3.8) is 0 Å². The van der Waals surface area contributed by atoms with Crippen molar-refractivity contribution in [1.29, 1.82) is 0 Å². The number of nitrogens with two attached hydrogens (primary N) is 1. The summed E-state index contributed by atoms with van der Waals surface area (Å²) in [6.45, 7) is 0.715. The molecular formula is C9H12ClNO3. The highest BCUT2D eigenvalue weighted by Crippen LogP contribution is 2.41. The van der Waals surface area contributed by atoms with Crippen LogP contribution < -0.4 is 19.9 Å². The standard InChI is InChI=1S/C9H11NO3.ClH/c1-11-7-2-6(4-10)3-8-9(7)13-5-12-8;/h2-3H,4-5,10H2,1H3;1H. The van der Waals surface area contributed by atoms with Crippen molar-refractivity contribution in [2.24, 2.45) is 5.73 Å². The summed E-state index contributed by atoms with van der Waals surface area (Å²) in [5.74, 6) is 2.05. The van der Waals surface area contributed by atoms with Gasteiger partial charge in [-0.2, -0.15) is 0 Å². The fourth-order valence-electron chi connectivity index (χ4n) is 1.30. The Hall–Kier alpha value is -1.13. The SMILES string of the molecule is COc1cc(CN)cc2c1OCO2.Cl. The van der Waals surface area contributed by atoms with Gasteiger partial charge in [0, 0.05) is 6.54 Å². The Morgan fingerprint density at radius 1 is 1.43 bits per heavy atom. The molecule has 1 aromatic rings. The third-order valence-electron chi connectivity index (χ3n) is 1.95. The van der Waals surface area contributed by atoms with Gasteiger partial charge in [0.2, 0.25) is 12.5 Å². The molecule has 0 aromatic heterocycles. The average molecular weight is 218 g/mol. The average Bonchev–Trinajstić information content (AvgIpc) is 2.63. The van der Waals surface area contributed by atoms with Gasteiger partial charge in [-0.05, 0) is 17.7 Å². The van der Waals surface area contributed by atoms with Crippen LogP contribution in [0.1, 0.15) is 5.56 Å². The molecule has 2 N–H and O–H groups in total. The predicted octanol–water partition coefficient (Wildman–Crippen LogP) is 1.30. The van der Waals surface area contributed by atoms with Crippen LogP contribution in [0.3, 0.4) is 0 Å². The maximum atomic E-state index is 5.52. The lowest BCUT2D eigenvalue weighted by atomic mass is 10.2. The fourth-order valence-corrected chi connectivity index (χ4v) is 1.30. The van der Waals surface area contributed by atoms with E-state index in [9.17, 15) is 0 Å². The molecule has 0 saturated heterocycles. The molecule has 1 aromatic carbocycles. The lowest BCUT2D eigenvalue weighted by Gasteiger charge is -2.06. The van der Waals surface area contributed by atoms with Crippen molar-refractivity contribution in [1.82, 2.24) is 0 Å². The minimum atomic E-state index is 0. The molecule has 14 heavy (non-hydrogen) atoms. The van der Waals surface area contributed by atoms with Crippen molar-refractivity contribution in [2.75, 3.05) is 13.9 Å². The summed E-state index contributed by atoms with van der Waals surface area (Å²) in [7, 11) is 1.59. The van der Waals surface area contributed by atoms with Gasteiger partial charge in [0.25, 0.3) is 0 Å². The van der Waals surface area contributed by atoms with E-state index in [1.54, 1.807) is 7.11 Å². The Labute approximate surface area is 88.4 Å². The Balaban J connectivity index is 0.000000980. The van der Waals surface area contributed by atoms with E-state index in [1.165, 1.54) is 0 Å². The summed E-state index contributed by atoms with van der Waals surface area (Å²) in [5.41, 5.74) is 6.49. The van der Waals surface area contributed by atoms with E-state index in [2.05, 4.69) is 0 Å². The maximum Gasteiger partial charge on any atom is 0.231 e. The van der Waals surface area contributed by atoms with Crippen LogP contribution in [-0.2, 0) is 6.54 Å². The Bertz CT molecular complexity index is 330. The second-order valence-electron chi connectivity index (χ2n) is 2.74. The highest BCUT2D eigenvalue weighted by Gasteiger charge is 2.19. The third-order valence-corrected chi connectivity index (χ3v) is 1.95. The molecule has 2 rings (SSSR count). The molecular weight excluding hydrogens is 206 g/mol. The zero-order chi connectivity index (χ0) is 9.26. The van der Waals surface area contributed by atoms with Gasteiger partial charge >= 0.3 is 0 Å². The first-order chi connectivity index (χ1) is 6.35. The van der Waals surface area contributed by atoms with Gasteiger partial charge in [-0.15, -0.1) is 12.4 Å². The van der Waals surface area contributed by atoms with Crippen molar-refractivity contribution in [2.45, 2.75) is 6.54 Å². The van der Waals surface area contributed by atoms with E-state index in [1.807, 2.05) is 12.1 Å². The predicted molar refractivity (Wildman–Crippen MR) is 54.3 cm³/mol. The van der Waals surface area contributed by atoms with Gasteiger partial charge in [0.15, 0.2) is 11.5 Å². The molecule has 0 fully saturated rings. The number of fused-ring (bicyclic) bond motifs is 1. The molecule has 0 aliphatic carbocycles. The number of methoxy groups -OCH3 is 1. The summed E-state index contributed by atoms with van der Waals surface area (Å²) in [5, 5.41) is 0. The first kappa shape index (κ1) is 10.9. The number of rotatable bonds is 2. The van der Waals surface area contributed by atoms with Gasteiger partial charge in [-0.3, -0.25) is 0 Å². The number of benzene rings is 1. The summed E-state index contributed by atoms with van der Waals surface area (Å²) in [6, 6.07) is 3.72. The summed E-state index contributed by atoms with van der Waals surface area (Å²) < 4.78 is 15.6. The molecule has 1 aliphatic heterocycles. The summed E-state index contributed by atoms with van der Waals surface area (Å²) in [6.07, 6.45) is 0. The molecule has 0 unspecified atom stereocenters. The molecule has 0 saturated carbocycles. The zero-order valence-electron chi connectivity index (χ0n) is 7.78. The maximum absolute atomic E-state index is 5.52. The summed E-state index contributed by atoms with van der Waals surface area (Å²) in [4.78, 5) is 0. The lowest BCUT2D eigenvalue weighted by molar-refractivity contribution is 0.171. The molecule has 1 aliphatic rings. The van der Waals surface area contributed by atoms with Crippen LogP contribution in [0.15, 0.2) is 12.1 Å². The first-order valence-corrected chi connectivity index (χ1v) is 4.01. The molecule has 5 heteroatoms. The van der Waals surface area contributed by atoms with E-state index >= 15 is 0 Å². The Morgan fingerprint density at radius 2 is 2.21 bits per heavy atom. The summed E-state index contributed by atoms with van der Waals surface area (Å²) >= 11 is 0. The number of ether oxygens (including phenoxy) is 3. The van der Waals surface area contributed by atoms with E-state index in [-0.39, 0.29) is 19.2 Å². The van der Waals surface area contributed by atoms with Gasteiger partial charge in [-0.25, -0.2) is 0 Å². The van der Waals surface area contributed by atoms with E-state index in [4.69, 9.17) is 19.9 Å². The Kier molecular flexibility index (Phi) is 3.43. The topological polar surface area (TPSA) is 53.7 Å².